The summed E-state index contributed by atoms with van der Waals surface area (Å²) < 4.78 is 26.5. The lowest BCUT2D eigenvalue weighted by Gasteiger charge is -2.21. The highest BCUT2D eigenvalue weighted by atomic mass is 32.2. The molecule has 0 bridgehead atoms. The van der Waals surface area contributed by atoms with Gasteiger partial charge in [-0.05, 0) is 24.3 Å². The number of sulfone groups is 1. The summed E-state index contributed by atoms with van der Waals surface area (Å²) in [6.07, 6.45) is -0.448. The highest BCUT2D eigenvalue weighted by Crippen LogP contribution is 2.24. The average Bonchev–Trinajstić information content (AvgIpc) is 2.78. The second-order valence-electron chi connectivity index (χ2n) is 6.57. The van der Waals surface area contributed by atoms with Crippen molar-refractivity contribution in [1.29, 1.82) is 0 Å². The predicted molar refractivity (Wildman–Crippen MR) is 113 cm³/mol. The van der Waals surface area contributed by atoms with Gasteiger partial charge in [0.05, 0.1) is 11.3 Å². The van der Waals surface area contributed by atoms with Gasteiger partial charge in [-0.1, -0.05) is 66.7 Å². The zero-order valence-corrected chi connectivity index (χ0v) is 16.7. The first-order valence-corrected chi connectivity index (χ1v) is 10.7. The third-order valence-corrected chi connectivity index (χ3v) is 6.73. The average molecular weight is 407 g/mol. The molecule has 0 spiro atoms. The molecule has 6 heteroatoms. The van der Waals surface area contributed by atoms with Gasteiger partial charge < -0.3 is 4.90 Å². The molecule has 3 aromatic carbocycles. The highest BCUT2D eigenvalue weighted by Gasteiger charge is 2.37. The van der Waals surface area contributed by atoms with Gasteiger partial charge in [-0.2, -0.15) is 0 Å². The Kier molecular flexibility index (Phi) is 6.24. The van der Waals surface area contributed by atoms with Crippen molar-refractivity contribution in [2.75, 3.05) is 11.9 Å². The standard InChI is InChI=1S/C23H21NO4S/c1-24(19-13-7-3-8-14-19)22(25)17-21(23(26)18-11-5-2-6-12-18)29(27,28)20-15-9-4-10-16-20/h2-16,21H,17H2,1H3. The Bertz CT molecular complexity index is 1080. The van der Waals surface area contributed by atoms with Crippen molar-refractivity contribution in [1.82, 2.24) is 0 Å². The number of hydrogen-bond donors (Lipinski definition) is 0. The van der Waals surface area contributed by atoms with E-state index in [1.54, 1.807) is 79.8 Å². The molecule has 5 nitrogen and oxygen atoms in total. The van der Waals surface area contributed by atoms with Gasteiger partial charge in [-0.25, -0.2) is 8.42 Å². The molecule has 0 radical (unpaired) electrons. The third kappa shape index (κ3) is 4.60. The van der Waals surface area contributed by atoms with Crippen molar-refractivity contribution in [2.24, 2.45) is 0 Å². The van der Waals surface area contributed by atoms with E-state index in [1.165, 1.54) is 17.0 Å². The minimum Gasteiger partial charge on any atom is -0.315 e. The van der Waals surface area contributed by atoms with E-state index in [4.69, 9.17) is 0 Å². The SMILES string of the molecule is CN(C(=O)CC(C(=O)c1ccccc1)S(=O)(=O)c1ccccc1)c1ccccc1. The molecule has 0 saturated carbocycles. The van der Waals surface area contributed by atoms with E-state index in [9.17, 15) is 18.0 Å². The second-order valence-corrected chi connectivity index (χ2v) is 8.70. The quantitative estimate of drug-likeness (QED) is 0.559. The first-order valence-electron chi connectivity index (χ1n) is 9.11. The summed E-state index contributed by atoms with van der Waals surface area (Å²) in [6.45, 7) is 0. The number of ketones is 1. The second kappa shape index (κ2) is 8.84. The molecule has 0 aromatic heterocycles. The maximum atomic E-state index is 13.3. The van der Waals surface area contributed by atoms with Gasteiger partial charge in [0.2, 0.25) is 5.91 Å². The minimum absolute atomic E-state index is 0.0180. The van der Waals surface area contributed by atoms with Crippen molar-refractivity contribution in [3.63, 3.8) is 0 Å². The molecule has 0 fully saturated rings. The Morgan fingerprint density at radius 3 is 1.83 bits per heavy atom. The summed E-state index contributed by atoms with van der Waals surface area (Å²) in [7, 11) is -2.49. The maximum Gasteiger partial charge on any atom is 0.228 e. The summed E-state index contributed by atoms with van der Waals surface area (Å²) in [6, 6.07) is 24.8. The van der Waals surface area contributed by atoms with E-state index in [0.29, 0.717) is 5.69 Å². The summed E-state index contributed by atoms with van der Waals surface area (Å²) >= 11 is 0. The molecule has 29 heavy (non-hydrogen) atoms. The number of amides is 1. The van der Waals surface area contributed by atoms with E-state index >= 15 is 0 Å². The molecule has 0 aliphatic heterocycles. The lowest BCUT2D eigenvalue weighted by atomic mass is 10.1. The summed E-state index contributed by atoms with van der Waals surface area (Å²) in [5, 5.41) is -1.51. The molecular weight excluding hydrogens is 386 g/mol. The van der Waals surface area contributed by atoms with E-state index in [1.807, 2.05) is 6.07 Å². The summed E-state index contributed by atoms with van der Waals surface area (Å²) in [5.74, 6) is -1.05. The van der Waals surface area contributed by atoms with Gasteiger partial charge in [0.1, 0.15) is 5.25 Å². The van der Waals surface area contributed by atoms with Crippen LogP contribution in [0.15, 0.2) is 95.9 Å². The Balaban J connectivity index is 1.97. The third-order valence-electron chi connectivity index (χ3n) is 4.67. The Morgan fingerprint density at radius 1 is 0.793 bits per heavy atom. The van der Waals surface area contributed by atoms with Crippen LogP contribution >= 0.6 is 0 Å². The van der Waals surface area contributed by atoms with Gasteiger partial charge >= 0.3 is 0 Å². The number of nitrogens with zero attached hydrogens (tertiary/aromatic N) is 1. The zero-order valence-electron chi connectivity index (χ0n) is 15.9. The number of carbonyl (C=O) groups is 2. The first-order chi connectivity index (χ1) is 13.9. The number of benzene rings is 3. The largest absolute Gasteiger partial charge is 0.315 e. The van der Waals surface area contributed by atoms with E-state index in [2.05, 4.69) is 0 Å². The molecule has 1 amide bonds. The van der Waals surface area contributed by atoms with Crippen LogP contribution in [0.4, 0.5) is 5.69 Å². The van der Waals surface area contributed by atoms with Crippen LogP contribution in [0.5, 0.6) is 0 Å². The number of carbonyl (C=O) groups excluding carboxylic acids is 2. The van der Waals surface area contributed by atoms with Gasteiger partial charge in [0, 0.05) is 18.3 Å². The fraction of sp³-hybridized carbons (Fsp3) is 0.130. The van der Waals surface area contributed by atoms with Crippen molar-refractivity contribution in [2.45, 2.75) is 16.6 Å². The summed E-state index contributed by atoms with van der Waals surface area (Å²) in [4.78, 5) is 27.4. The van der Waals surface area contributed by atoms with Crippen molar-refractivity contribution in [3.8, 4) is 0 Å². The van der Waals surface area contributed by atoms with Gasteiger partial charge in [-0.3, -0.25) is 9.59 Å². The molecule has 3 aromatic rings. The number of rotatable bonds is 7. The Hall–Kier alpha value is -3.25. The molecule has 1 atom stereocenters. The van der Waals surface area contributed by atoms with Gasteiger partial charge in [0.25, 0.3) is 0 Å². The fourth-order valence-corrected chi connectivity index (χ4v) is 4.64. The van der Waals surface area contributed by atoms with Crippen molar-refractivity contribution in [3.05, 3.63) is 96.6 Å². The molecule has 0 N–H and O–H groups in total. The lowest BCUT2D eigenvalue weighted by molar-refractivity contribution is -0.118. The lowest BCUT2D eigenvalue weighted by Crippen LogP contribution is -2.37. The molecular formula is C23H21NO4S. The normalized spacial score (nSPS) is 12.2. The van der Waals surface area contributed by atoms with Crippen LogP contribution in [0, 0.1) is 0 Å². The monoisotopic (exact) mass is 407 g/mol. The Labute approximate surface area is 170 Å². The van der Waals surface area contributed by atoms with E-state index in [0.717, 1.165) is 0 Å². The molecule has 3 rings (SSSR count). The van der Waals surface area contributed by atoms with Gasteiger partial charge in [0.15, 0.2) is 15.6 Å². The molecule has 1 unspecified atom stereocenters. The highest BCUT2D eigenvalue weighted by molar-refractivity contribution is 7.92. The van der Waals surface area contributed by atoms with Crippen LogP contribution < -0.4 is 4.90 Å². The van der Waals surface area contributed by atoms with Crippen LogP contribution in [0.3, 0.4) is 0 Å². The van der Waals surface area contributed by atoms with Crippen molar-refractivity contribution >= 4 is 27.2 Å². The van der Waals surface area contributed by atoms with Crippen LogP contribution in [0.2, 0.25) is 0 Å². The molecule has 0 aliphatic rings. The Morgan fingerprint density at radius 2 is 1.28 bits per heavy atom. The number of anilines is 1. The van der Waals surface area contributed by atoms with Crippen LogP contribution in [0.1, 0.15) is 16.8 Å². The predicted octanol–water partition coefficient (Wildman–Crippen LogP) is 3.76. The first kappa shape index (κ1) is 20.5. The molecule has 0 heterocycles. The molecule has 148 valence electrons. The van der Waals surface area contributed by atoms with Crippen molar-refractivity contribution < 1.29 is 18.0 Å². The minimum atomic E-state index is -4.06. The summed E-state index contributed by atoms with van der Waals surface area (Å²) in [5.41, 5.74) is 0.882. The van der Waals surface area contributed by atoms with E-state index < -0.39 is 33.2 Å². The number of para-hydroxylation sites is 1. The number of Topliss-reactive ketones (excluding diaryl/α,β-unsaturated/α-hetero) is 1. The maximum absolute atomic E-state index is 13.3. The molecule has 0 saturated heterocycles. The van der Waals surface area contributed by atoms with Gasteiger partial charge in [-0.15, -0.1) is 0 Å². The topological polar surface area (TPSA) is 71.5 Å². The van der Waals surface area contributed by atoms with Crippen LogP contribution in [0.25, 0.3) is 0 Å². The molecule has 0 aliphatic carbocycles. The van der Waals surface area contributed by atoms with E-state index in [-0.39, 0.29) is 10.5 Å². The van der Waals surface area contributed by atoms with Crippen LogP contribution in [-0.4, -0.2) is 32.4 Å². The number of hydrogen-bond acceptors (Lipinski definition) is 4. The zero-order chi connectivity index (χ0) is 20.9. The fourth-order valence-electron chi connectivity index (χ4n) is 3.00. The smallest absolute Gasteiger partial charge is 0.228 e. The van der Waals surface area contributed by atoms with Crippen LogP contribution in [-0.2, 0) is 14.6 Å².